The maximum atomic E-state index is 6.60. The number of hydrogen-bond donors (Lipinski definition) is 0. The lowest BCUT2D eigenvalue weighted by Crippen LogP contribution is -2.44. The van der Waals surface area contributed by atoms with Gasteiger partial charge in [0.1, 0.15) is 12.1 Å². The molecule has 0 unspecified atom stereocenters. The number of aryl methyl sites for hydroxylation is 2. The highest BCUT2D eigenvalue weighted by Crippen LogP contribution is 2.29. The van der Waals surface area contributed by atoms with Gasteiger partial charge in [-0.05, 0) is 56.6 Å². The number of hydrogen-bond acceptors (Lipinski definition) is 4. The quantitative estimate of drug-likeness (QED) is 0.565. The van der Waals surface area contributed by atoms with Crippen molar-refractivity contribution in [2.75, 3.05) is 46.4 Å². The van der Waals surface area contributed by atoms with Crippen LogP contribution in [0.2, 0.25) is 5.02 Å². The van der Waals surface area contributed by atoms with E-state index in [1.807, 2.05) is 29.1 Å². The average Bonchev–Trinajstić information content (AvgIpc) is 3.14. The zero-order valence-corrected chi connectivity index (χ0v) is 18.2. The van der Waals surface area contributed by atoms with E-state index in [-0.39, 0.29) is 0 Å². The molecule has 0 saturated carbocycles. The minimum atomic E-state index is 0.666. The van der Waals surface area contributed by atoms with Crippen molar-refractivity contribution in [1.82, 2.24) is 19.4 Å². The summed E-state index contributed by atoms with van der Waals surface area (Å²) in [6.45, 7) is 10.6. The van der Waals surface area contributed by atoms with E-state index in [9.17, 15) is 0 Å². The molecule has 29 heavy (non-hydrogen) atoms. The first-order valence-corrected chi connectivity index (χ1v) is 10.7. The van der Waals surface area contributed by atoms with Crippen LogP contribution in [0, 0.1) is 13.8 Å². The van der Waals surface area contributed by atoms with E-state index < -0.39 is 0 Å². The summed E-state index contributed by atoms with van der Waals surface area (Å²) in [6, 6.07) is 10.1. The fourth-order valence-electron chi connectivity index (χ4n) is 3.84. The largest absolute Gasteiger partial charge is 0.493 e. The monoisotopic (exact) mass is 412 g/mol. The van der Waals surface area contributed by atoms with Crippen molar-refractivity contribution < 1.29 is 4.74 Å². The number of fused-ring (bicyclic) bond motifs is 1. The maximum absolute atomic E-state index is 6.60. The SMILES string of the molecule is Cc1ccc2c(ncn2-c2ccc(OCCCN3CCN(C)CC3)cc2Cl)c1C. The Kier molecular flexibility index (Phi) is 6.09. The highest BCUT2D eigenvalue weighted by molar-refractivity contribution is 6.32. The summed E-state index contributed by atoms with van der Waals surface area (Å²) in [5.74, 6) is 0.813. The maximum Gasteiger partial charge on any atom is 0.120 e. The van der Waals surface area contributed by atoms with Gasteiger partial charge in [-0.25, -0.2) is 4.98 Å². The van der Waals surface area contributed by atoms with Gasteiger partial charge in [0, 0.05) is 38.8 Å². The van der Waals surface area contributed by atoms with Crippen LogP contribution in [0.25, 0.3) is 16.7 Å². The van der Waals surface area contributed by atoms with E-state index in [2.05, 4.69) is 47.8 Å². The Morgan fingerprint density at radius 1 is 1.07 bits per heavy atom. The molecule has 2 heterocycles. The molecule has 1 aliphatic rings. The zero-order chi connectivity index (χ0) is 20.4. The lowest BCUT2D eigenvalue weighted by Gasteiger charge is -2.32. The number of piperazine rings is 1. The lowest BCUT2D eigenvalue weighted by atomic mass is 10.1. The van der Waals surface area contributed by atoms with Crippen molar-refractivity contribution in [2.45, 2.75) is 20.3 Å². The van der Waals surface area contributed by atoms with Gasteiger partial charge >= 0.3 is 0 Å². The number of halogens is 1. The third-order valence-electron chi connectivity index (χ3n) is 5.90. The Morgan fingerprint density at radius 2 is 1.86 bits per heavy atom. The number of rotatable bonds is 6. The van der Waals surface area contributed by atoms with Crippen LogP contribution in [0.15, 0.2) is 36.7 Å². The van der Waals surface area contributed by atoms with Crippen LogP contribution in [-0.2, 0) is 0 Å². The molecular formula is C23H29ClN4O. The summed E-state index contributed by atoms with van der Waals surface area (Å²) >= 11 is 6.60. The third-order valence-corrected chi connectivity index (χ3v) is 6.21. The second-order valence-corrected chi connectivity index (χ2v) is 8.36. The van der Waals surface area contributed by atoms with Gasteiger partial charge in [-0.3, -0.25) is 4.57 Å². The Bertz CT molecular complexity index is 992. The second kappa shape index (κ2) is 8.74. The standard InChI is InChI=1S/C23H29ClN4O/c1-17-5-7-22-23(18(17)2)25-16-28(22)21-8-6-19(15-20(21)24)29-14-4-9-27-12-10-26(3)11-13-27/h5-8,15-16H,4,9-14H2,1-3H3. The van der Waals surface area contributed by atoms with E-state index in [0.717, 1.165) is 61.6 Å². The van der Waals surface area contributed by atoms with Gasteiger partial charge in [-0.15, -0.1) is 0 Å². The summed E-state index contributed by atoms with van der Waals surface area (Å²) < 4.78 is 7.99. The topological polar surface area (TPSA) is 33.5 Å². The predicted molar refractivity (Wildman–Crippen MR) is 120 cm³/mol. The van der Waals surface area contributed by atoms with E-state index in [0.29, 0.717) is 11.6 Å². The molecule has 1 aromatic heterocycles. The van der Waals surface area contributed by atoms with Gasteiger partial charge in [-0.1, -0.05) is 17.7 Å². The normalized spacial score (nSPS) is 15.9. The fourth-order valence-corrected chi connectivity index (χ4v) is 4.10. The van der Waals surface area contributed by atoms with Gasteiger partial charge < -0.3 is 14.5 Å². The van der Waals surface area contributed by atoms with Crippen LogP contribution in [-0.4, -0.2) is 65.7 Å². The molecule has 1 fully saturated rings. The van der Waals surface area contributed by atoms with Crippen LogP contribution in [0.3, 0.4) is 0 Å². The molecule has 0 radical (unpaired) electrons. The second-order valence-electron chi connectivity index (χ2n) is 7.95. The molecule has 0 atom stereocenters. The highest BCUT2D eigenvalue weighted by Gasteiger charge is 2.14. The van der Waals surface area contributed by atoms with Crippen LogP contribution in [0.1, 0.15) is 17.5 Å². The Labute approximate surface area is 177 Å². The fraction of sp³-hybridized carbons (Fsp3) is 0.435. The van der Waals surface area contributed by atoms with E-state index in [1.54, 1.807) is 0 Å². The molecule has 2 aromatic carbocycles. The molecule has 3 aromatic rings. The van der Waals surface area contributed by atoms with Crippen LogP contribution in [0.5, 0.6) is 5.75 Å². The lowest BCUT2D eigenvalue weighted by molar-refractivity contribution is 0.145. The number of aromatic nitrogens is 2. The minimum Gasteiger partial charge on any atom is -0.493 e. The minimum absolute atomic E-state index is 0.666. The first-order chi connectivity index (χ1) is 14.0. The Balaban J connectivity index is 1.39. The molecule has 154 valence electrons. The van der Waals surface area contributed by atoms with Crippen molar-refractivity contribution in [3.05, 3.63) is 52.8 Å². The Hall–Kier alpha value is -2.08. The van der Waals surface area contributed by atoms with Gasteiger partial charge in [0.2, 0.25) is 0 Å². The van der Waals surface area contributed by atoms with Crippen molar-refractivity contribution >= 4 is 22.6 Å². The van der Waals surface area contributed by atoms with Crippen molar-refractivity contribution in [2.24, 2.45) is 0 Å². The van der Waals surface area contributed by atoms with E-state index >= 15 is 0 Å². The molecule has 0 bridgehead atoms. The molecule has 0 aliphatic carbocycles. The molecular weight excluding hydrogens is 384 g/mol. The molecule has 4 rings (SSSR count). The highest BCUT2D eigenvalue weighted by atomic mass is 35.5. The summed E-state index contributed by atoms with van der Waals surface area (Å²) in [7, 11) is 2.18. The molecule has 0 spiro atoms. The Morgan fingerprint density at radius 3 is 2.62 bits per heavy atom. The number of ether oxygens (including phenoxy) is 1. The summed E-state index contributed by atoms with van der Waals surface area (Å²) in [6.07, 6.45) is 2.86. The van der Waals surface area contributed by atoms with Crippen molar-refractivity contribution in [1.29, 1.82) is 0 Å². The van der Waals surface area contributed by atoms with Crippen LogP contribution >= 0.6 is 11.6 Å². The van der Waals surface area contributed by atoms with Gasteiger partial charge in [0.25, 0.3) is 0 Å². The smallest absolute Gasteiger partial charge is 0.120 e. The third kappa shape index (κ3) is 4.42. The van der Waals surface area contributed by atoms with Gasteiger partial charge in [-0.2, -0.15) is 0 Å². The predicted octanol–water partition coefficient (Wildman–Crippen LogP) is 4.31. The summed E-state index contributed by atoms with van der Waals surface area (Å²) in [5, 5.41) is 0.666. The molecule has 6 heteroatoms. The van der Waals surface area contributed by atoms with E-state index in [1.165, 1.54) is 11.1 Å². The molecule has 0 N–H and O–H groups in total. The molecule has 1 saturated heterocycles. The van der Waals surface area contributed by atoms with Gasteiger partial charge in [0.15, 0.2) is 0 Å². The first kappa shape index (κ1) is 20.2. The first-order valence-electron chi connectivity index (χ1n) is 10.3. The number of imidazole rings is 1. The van der Waals surface area contributed by atoms with E-state index in [4.69, 9.17) is 16.3 Å². The molecule has 0 amide bonds. The zero-order valence-electron chi connectivity index (χ0n) is 17.5. The molecule has 1 aliphatic heterocycles. The van der Waals surface area contributed by atoms with Crippen LogP contribution in [0.4, 0.5) is 0 Å². The van der Waals surface area contributed by atoms with Crippen molar-refractivity contribution in [3.8, 4) is 11.4 Å². The van der Waals surface area contributed by atoms with Gasteiger partial charge in [0.05, 0.1) is 28.4 Å². The number of benzene rings is 2. The summed E-state index contributed by atoms with van der Waals surface area (Å²) in [5.41, 5.74) is 5.45. The average molecular weight is 413 g/mol. The van der Waals surface area contributed by atoms with Crippen LogP contribution < -0.4 is 4.74 Å². The summed E-state index contributed by atoms with van der Waals surface area (Å²) in [4.78, 5) is 9.48. The molecule has 5 nitrogen and oxygen atoms in total. The van der Waals surface area contributed by atoms with Crippen molar-refractivity contribution in [3.63, 3.8) is 0 Å². The number of nitrogens with zero attached hydrogens (tertiary/aromatic N) is 4. The number of likely N-dealkylation sites (N-methyl/N-ethyl adjacent to an activating group) is 1.